The lowest BCUT2D eigenvalue weighted by atomic mass is 10.2. The van der Waals surface area contributed by atoms with Gasteiger partial charge in [-0.3, -0.25) is 14.6 Å². The van der Waals surface area contributed by atoms with E-state index < -0.39 is 5.97 Å². The Morgan fingerprint density at radius 2 is 1.90 bits per heavy atom. The molecule has 1 amide bonds. The molecule has 1 fully saturated rings. The zero-order valence-corrected chi connectivity index (χ0v) is 11.4. The van der Waals surface area contributed by atoms with Crippen LogP contribution in [0.5, 0.6) is 0 Å². The molecule has 108 valence electrons. The largest absolute Gasteiger partial charge is 0.481 e. The average molecular weight is 277 g/mol. The second-order valence-electron chi connectivity index (χ2n) is 4.87. The van der Waals surface area contributed by atoms with E-state index in [-0.39, 0.29) is 12.3 Å². The summed E-state index contributed by atoms with van der Waals surface area (Å²) in [6.45, 7) is 3.47. The number of carboxylic acid groups (broad SMARTS) is 1. The first-order chi connectivity index (χ1) is 9.66. The summed E-state index contributed by atoms with van der Waals surface area (Å²) in [5, 5.41) is 8.71. The van der Waals surface area contributed by atoms with E-state index in [0.717, 1.165) is 19.5 Å². The van der Waals surface area contributed by atoms with E-state index in [0.29, 0.717) is 25.2 Å². The minimum absolute atomic E-state index is 0.0208. The molecule has 0 saturated carbocycles. The van der Waals surface area contributed by atoms with Crippen molar-refractivity contribution < 1.29 is 14.7 Å². The number of carbonyl (C=O) groups is 2. The van der Waals surface area contributed by atoms with Crippen LogP contribution in [-0.2, 0) is 4.79 Å². The summed E-state index contributed by atoms with van der Waals surface area (Å²) in [7, 11) is 0. The van der Waals surface area contributed by atoms with Gasteiger partial charge in [0.2, 0.25) is 0 Å². The predicted molar refractivity (Wildman–Crippen MR) is 73.5 cm³/mol. The first kappa shape index (κ1) is 14.5. The van der Waals surface area contributed by atoms with E-state index in [1.165, 1.54) is 0 Å². The smallest absolute Gasteiger partial charge is 0.304 e. The Labute approximate surface area is 118 Å². The molecule has 0 aliphatic carbocycles. The molecule has 0 radical (unpaired) electrons. The molecule has 2 rings (SSSR count). The van der Waals surface area contributed by atoms with Crippen molar-refractivity contribution in [2.75, 3.05) is 32.7 Å². The second-order valence-corrected chi connectivity index (χ2v) is 4.87. The molecule has 6 heteroatoms. The summed E-state index contributed by atoms with van der Waals surface area (Å²) in [5.74, 6) is -0.758. The van der Waals surface area contributed by atoms with Gasteiger partial charge in [0.25, 0.3) is 5.91 Å². The van der Waals surface area contributed by atoms with Gasteiger partial charge in [0.05, 0.1) is 6.42 Å². The molecule has 0 spiro atoms. The Bertz CT molecular complexity index is 464. The van der Waals surface area contributed by atoms with Crippen LogP contribution in [0.25, 0.3) is 0 Å². The van der Waals surface area contributed by atoms with Crippen molar-refractivity contribution >= 4 is 11.9 Å². The number of rotatable bonds is 4. The molecule has 1 aromatic rings. The first-order valence-electron chi connectivity index (χ1n) is 6.80. The summed E-state index contributed by atoms with van der Waals surface area (Å²) in [6.07, 6.45) is 4.25. The number of aliphatic carboxylic acids is 1. The summed E-state index contributed by atoms with van der Waals surface area (Å²) in [6, 6.07) is 3.44. The van der Waals surface area contributed by atoms with Crippen LogP contribution in [-0.4, -0.2) is 64.5 Å². The Balaban J connectivity index is 1.89. The van der Waals surface area contributed by atoms with Crippen molar-refractivity contribution in [1.29, 1.82) is 0 Å². The zero-order valence-electron chi connectivity index (χ0n) is 11.4. The third kappa shape index (κ3) is 4.03. The molecule has 0 atom stereocenters. The van der Waals surface area contributed by atoms with Crippen molar-refractivity contribution in [3.63, 3.8) is 0 Å². The molecule has 0 aromatic carbocycles. The Hall–Kier alpha value is -1.95. The summed E-state index contributed by atoms with van der Waals surface area (Å²) < 4.78 is 0. The average Bonchev–Trinajstić information content (AvgIpc) is 2.71. The van der Waals surface area contributed by atoms with Crippen molar-refractivity contribution in [1.82, 2.24) is 14.8 Å². The van der Waals surface area contributed by atoms with Crippen LogP contribution in [0.4, 0.5) is 0 Å². The van der Waals surface area contributed by atoms with Gasteiger partial charge >= 0.3 is 5.97 Å². The predicted octanol–water partition coefficient (Wildman–Crippen LogP) is 0.704. The quantitative estimate of drug-likeness (QED) is 0.877. The minimum atomic E-state index is -0.779. The molecule has 0 bridgehead atoms. The van der Waals surface area contributed by atoms with E-state index in [1.807, 2.05) is 4.90 Å². The lowest BCUT2D eigenvalue weighted by molar-refractivity contribution is -0.137. The summed E-state index contributed by atoms with van der Waals surface area (Å²) in [4.78, 5) is 30.7. The maximum Gasteiger partial charge on any atom is 0.304 e. The molecular weight excluding hydrogens is 258 g/mol. The number of hydrogen-bond acceptors (Lipinski definition) is 4. The van der Waals surface area contributed by atoms with Crippen LogP contribution in [0, 0.1) is 0 Å². The molecule has 6 nitrogen and oxygen atoms in total. The van der Waals surface area contributed by atoms with E-state index in [1.54, 1.807) is 24.5 Å². The summed E-state index contributed by atoms with van der Waals surface area (Å²) >= 11 is 0. The van der Waals surface area contributed by atoms with Gasteiger partial charge < -0.3 is 14.9 Å². The Morgan fingerprint density at radius 3 is 2.60 bits per heavy atom. The molecule has 1 saturated heterocycles. The lowest BCUT2D eigenvalue weighted by Gasteiger charge is -2.21. The van der Waals surface area contributed by atoms with Crippen LogP contribution in [0.3, 0.4) is 0 Å². The molecule has 20 heavy (non-hydrogen) atoms. The lowest BCUT2D eigenvalue weighted by Crippen LogP contribution is -2.35. The highest BCUT2D eigenvalue weighted by Crippen LogP contribution is 2.09. The number of aromatic nitrogens is 1. The highest BCUT2D eigenvalue weighted by atomic mass is 16.4. The summed E-state index contributed by atoms with van der Waals surface area (Å²) in [5.41, 5.74) is 0.652. The van der Waals surface area contributed by atoms with Crippen LogP contribution in [0.1, 0.15) is 23.2 Å². The highest BCUT2D eigenvalue weighted by molar-refractivity contribution is 5.94. The molecule has 1 aliphatic rings. The topological polar surface area (TPSA) is 73.7 Å². The van der Waals surface area contributed by atoms with Crippen molar-refractivity contribution in [2.24, 2.45) is 0 Å². The number of carboxylic acids is 1. The normalized spacial score (nSPS) is 16.7. The number of amides is 1. The van der Waals surface area contributed by atoms with Crippen LogP contribution < -0.4 is 0 Å². The van der Waals surface area contributed by atoms with Crippen LogP contribution in [0.15, 0.2) is 24.5 Å². The number of nitrogens with zero attached hydrogens (tertiary/aromatic N) is 3. The fourth-order valence-corrected chi connectivity index (χ4v) is 2.33. The van der Waals surface area contributed by atoms with E-state index in [4.69, 9.17) is 5.11 Å². The molecule has 2 heterocycles. The minimum Gasteiger partial charge on any atom is -0.481 e. The number of pyridine rings is 1. The fraction of sp³-hybridized carbons (Fsp3) is 0.500. The first-order valence-corrected chi connectivity index (χ1v) is 6.80. The van der Waals surface area contributed by atoms with Gasteiger partial charge in [-0.15, -0.1) is 0 Å². The third-order valence-corrected chi connectivity index (χ3v) is 3.44. The van der Waals surface area contributed by atoms with Crippen molar-refractivity contribution in [3.8, 4) is 0 Å². The van der Waals surface area contributed by atoms with Gasteiger partial charge in [0.1, 0.15) is 0 Å². The maximum atomic E-state index is 12.3. The van der Waals surface area contributed by atoms with E-state index in [9.17, 15) is 9.59 Å². The van der Waals surface area contributed by atoms with Gasteiger partial charge in [0, 0.05) is 44.1 Å². The monoisotopic (exact) mass is 277 g/mol. The van der Waals surface area contributed by atoms with Crippen molar-refractivity contribution in [3.05, 3.63) is 30.1 Å². The molecular formula is C14H19N3O3. The Morgan fingerprint density at radius 1 is 1.15 bits per heavy atom. The number of carbonyl (C=O) groups excluding carboxylic acids is 1. The van der Waals surface area contributed by atoms with Gasteiger partial charge in [0.15, 0.2) is 0 Å². The van der Waals surface area contributed by atoms with Gasteiger partial charge in [-0.05, 0) is 25.1 Å². The molecule has 0 unspecified atom stereocenters. The maximum absolute atomic E-state index is 12.3. The standard InChI is InChI=1S/C14H19N3O3/c18-13(19)4-9-16-7-1-8-17(11-10-16)14(20)12-2-5-15-6-3-12/h2-3,5-6H,1,4,7-11H2,(H,18,19). The van der Waals surface area contributed by atoms with E-state index >= 15 is 0 Å². The Kier molecular flexibility index (Phi) is 5.06. The van der Waals surface area contributed by atoms with Crippen LogP contribution >= 0.6 is 0 Å². The van der Waals surface area contributed by atoms with Crippen LogP contribution in [0.2, 0.25) is 0 Å². The van der Waals surface area contributed by atoms with Gasteiger partial charge in [-0.1, -0.05) is 0 Å². The highest BCUT2D eigenvalue weighted by Gasteiger charge is 2.20. The molecule has 1 aromatic heterocycles. The van der Waals surface area contributed by atoms with Crippen molar-refractivity contribution in [2.45, 2.75) is 12.8 Å². The number of hydrogen-bond donors (Lipinski definition) is 1. The molecule has 1 aliphatic heterocycles. The SMILES string of the molecule is O=C(O)CCN1CCCN(C(=O)c2ccncc2)CC1. The van der Waals surface area contributed by atoms with E-state index in [2.05, 4.69) is 9.88 Å². The second kappa shape index (κ2) is 7.00. The fourth-order valence-electron chi connectivity index (χ4n) is 2.33. The van der Waals surface area contributed by atoms with Gasteiger partial charge in [-0.25, -0.2) is 0 Å². The zero-order chi connectivity index (χ0) is 14.4. The third-order valence-electron chi connectivity index (χ3n) is 3.44. The van der Waals surface area contributed by atoms with Gasteiger partial charge in [-0.2, -0.15) is 0 Å². The molecule has 1 N–H and O–H groups in total.